The van der Waals surface area contributed by atoms with Gasteiger partial charge in [-0.1, -0.05) is 13.8 Å². The lowest BCUT2D eigenvalue weighted by molar-refractivity contribution is 0.0909. The summed E-state index contributed by atoms with van der Waals surface area (Å²) in [6.07, 6.45) is 6.40. The molecule has 1 fully saturated rings. The van der Waals surface area contributed by atoms with Crippen LogP contribution in [0.25, 0.3) is 0 Å². The zero-order valence-corrected chi connectivity index (χ0v) is 11.6. The van der Waals surface area contributed by atoms with E-state index in [2.05, 4.69) is 23.8 Å². The van der Waals surface area contributed by atoms with Crippen LogP contribution in [0.3, 0.4) is 0 Å². The Kier molecular flexibility index (Phi) is 3.13. The Hall–Kier alpha value is -1.29. The van der Waals surface area contributed by atoms with Gasteiger partial charge < -0.3 is 4.74 Å². The first-order valence-electron chi connectivity index (χ1n) is 7.03. The van der Waals surface area contributed by atoms with Gasteiger partial charge in [-0.3, -0.25) is 4.79 Å². The highest BCUT2D eigenvalue weighted by atomic mass is 16.5. The quantitative estimate of drug-likeness (QED) is 0.819. The summed E-state index contributed by atoms with van der Waals surface area (Å²) in [5, 5.41) is 0. The van der Waals surface area contributed by atoms with Crippen LogP contribution in [0.1, 0.15) is 55.0 Å². The van der Waals surface area contributed by atoms with Gasteiger partial charge in [0.1, 0.15) is 5.82 Å². The Labute approximate surface area is 113 Å². The van der Waals surface area contributed by atoms with Crippen molar-refractivity contribution in [2.45, 2.75) is 52.1 Å². The average Bonchev–Trinajstić information content (AvgIpc) is 2.79. The molecule has 2 aliphatic rings. The van der Waals surface area contributed by atoms with Gasteiger partial charge in [0.05, 0.1) is 17.4 Å². The fourth-order valence-electron chi connectivity index (χ4n) is 2.98. The molecule has 0 saturated carbocycles. The number of ketones is 1. The number of hydrogen-bond donors (Lipinski definition) is 0. The van der Waals surface area contributed by atoms with E-state index in [1.807, 2.05) is 0 Å². The maximum absolute atomic E-state index is 12.1. The maximum Gasteiger partial charge on any atom is 0.166 e. The molecule has 0 aromatic carbocycles. The normalized spacial score (nSPS) is 25.4. The average molecular weight is 260 g/mol. The Morgan fingerprint density at radius 3 is 3.00 bits per heavy atom. The molecule has 0 bridgehead atoms. The molecule has 1 aliphatic heterocycles. The Balaban J connectivity index is 1.84. The highest BCUT2D eigenvalue weighted by Gasteiger charge is 2.32. The number of ether oxygens (including phenoxy) is 1. The summed E-state index contributed by atoms with van der Waals surface area (Å²) < 4.78 is 5.62. The summed E-state index contributed by atoms with van der Waals surface area (Å²) >= 11 is 0. The monoisotopic (exact) mass is 260 g/mol. The lowest BCUT2D eigenvalue weighted by Gasteiger charge is -2.29. The van der Waals surface area contributed by atoms with Crippen molar-refractivity contribution < 1.29 is 9.53 Å². The molecular formula is C15H20N2O2. The molecule has 1 saturated heterocycles. The summed E-state index contributed by atoms with van der Waals surface area (Å²) in [5.74, 6) is 0.992. The second kappa shape index (κ2) is 4.67. The van der Waals surface area contributed by atoms with Crippen molar-refractivity contribution in [3.05, 3.63) is 23.3 Å². The van der Waals surface area contributed by atoms with E-state index in [9.17, 15) is 4.79 Å². The molecular weight excluding hydrogens is 240 g/mol. The van der Waals surface area contributed by atoms with Crippen molar-refractivity contribution >= 4 is 5.78 Å². The first kappa shape index (κ1) is 12.7. The minimum atomic E-state index is 0.0135. The topological polar surface area (TPSA) is 52.1 Å². The predicted molar refractivity (Wildman–Crippen MR) is 71.1 cm³/mol. The van der Waals surface area contributed by atoms with Crippen molar-refractivity contribution in [2.75, 3.05) is 6.61 Å². The predicted octanol–water partition coefficient (Wildman–Crippen LogP) is 2.35. The van der Waals surface area contributed by atoms with Crippen molar-refractivity contribution in [1.82, 2.24) is 9.97 Å². The smallest absolute Gasteiger partial charge is 0.166 e. The van der Waals surface area contributed by atoms with Crippen molar-refractivity contribution in [3.63, 3.8) is 0 Å². The third-order valence-electron chi connectivity index (χ3n) is 3.94. The van der Waals surface area contributed by atoms with Crippen LogP contribution in [0.15, 0.2) is 6.20 Å². The van der Waals surface area contributed by atoms with Crippen LogP contribution in [-0.2, 0) is 17.6 Å². The zero-order chi connectivity index (χ0) is 13.5. The summed E-state index contributed by atoms with van der Waals surface area (Å²) in [4.78, 5) is 21.0. The summed E-state index contributed by atoms with van der Waals surface area (Å²) in [6.45, 7) is 5.09. The van der Waals surface area contributed by atoms with Crippen LogP contribution >= 0.6 is 0 Å². The third-order valence-corrected chi connectivity index (χ3v) is 3.94. The van der Waals surface area contributed by atoms with Gasteiger partial charge in [0.25, 0.3) is 0 Å². The number of carbonyl (C=O) groups is 1. The standard InChI is InChI=1S/C15H20N2O2/c1-15(2)7-12-11(13(18)8-15)9-16-14(17-12)6-10-4-3-5-19-10/h9-10H,3-8H2,1-2H3. The van der Waals surface area contributed by atoms with E-state index in [0.717, 1.165) is 49.4 Å². The number of hydrogen-bond acceptors (Lipinski definition) is 4. The van der Waals surface area contributed by atoms with Crippen LogP contribution in [0.5, 0.6) is 0 Å². The number of aromatic nitrogens is 2. The van der Waals surface area contributed by atoms with Gasteiger partial charge in [-0.2, -0.15) is 0 Å². The second-order valence-corrected chi connectivity index (χ2v) is 6.43. The third kappa shape index (κ3) is 2.68. The molecule has 3 rings (SSSR count). The van der Waals surface area contributed by atoms with Crippen LogP contribution in [0.2, 0.25) is 0 Å². The highest BCUT2D eigenvalue weighted by Crippen LogP contribution is 2.33. The van der Waals surface area contributed by atoms with E-state index in [1.165, 1.54) is 0 Å². The molecule has 0 spiro atoms. The number of carbonyl (C=O) groups excluding carboxylic acids is 1. The number of fused-ring (bicyclic) bond motifs is 1. The maximum atomic E-state index is 12.1. The first-order valence-corrected chi connectivity index (χ1v) is 7.03. The largest absolute Gasteiger partial charge is 0.378 e. The van der Waals surface area contributed by atoms with Gasteiger partial charge in [-0.05, 0) is 24.7 Å². The van der Waals surface area contributed by atoms with Gasteiger partial charge in [-0.15, -0.1) is 0 Å². The van der Waals surface area contributed by atoms with Gasteiger partial charge >= 0.3 is 0 Å². The minimum Gasteiger partial charge on any atom is -0.378 e. The Morgan fingerprint density at radius 2 is 2.26 bits per heavy atom. The van der Waals surface area contributed by atoms with Crippen LogP contribution < -0.4 is 0 Å². The molecule has 1 unspecified atom stereocenters. The molecule has 0 amide bonds. The summed E-state index contributed by atoms with van der Waals surface area (Å²) in [5.41, 5.74) is 1.65. The summed E-state index contributed by atoms with van der Waals surface area (Å²) in [7, 11) is 0. The minimum absolute atomic E-state index is 0.0135. The zero-order valence-electron chi connectivity index (χ0n) is 11.6. The van der Waals surface area contributed by atoms with Crippen LogP contribution in [-0.4, -0.2) is 28.5 Å². The highest BCUT2D eigenvalue weighted by molar-refractivity contribution is 5.98. The Bertz CT molecular complexity index is 505. The molecule has 19 heavy (non-hydrogen) atoms. The van der Waals surface area contributed by atoms with Crippen molar-refractivity contribution in [3.8, 4) is 0 Å². The van der Waals surface area contributed by atoms with E-state index in [0.29, 0.717) is 6.42 Å². The molecule has 4 heteroatoms. The molecule has 1 aromatic heterocycles. The van der Waals surface area contributed by atoms with Crippen molar-refractivity contribution in [2.24, 2.45) is 5.41 Å². The fourth-order valence-corrected chi connectivity index (χ4v) is 2.98. The van der Waals surface area contributed by atoms with E-state index >= 15 is 0 Å². The Morgan fingerprint density at radius 1 is 1.42 bits per heavy atom. The number of rotatable bonds is 2. The van der Waals surface area contributed by atoms with Crippen molar-refractivity contribution in [1.29, 1.82) is 0 Å². The SMILES string of the molecule is CC1(C)CC(=O)c2cnc(CC3CCCO3)nc2C1. The summed E-state index contributed by atoms with van der Waals surface area (Å²) in [6, 6.07) is 0. The van der Waals surface area contributed by atoms with E-state index < -0.39 is 0 Å². The van der Waals surface area contributed by atoms with Crippen LogP contribution in [0, 0.1) is 5.41 Å². The van der Waals surface area contributed by atoms with E-state index in [1.54, 1.807) is 6.20 Å². The fraction of sp³-hybridized carbons (Fsp3) is 0.667. The van der Waals surface area contributed by atoms with Gasteiger partial charge in [0.2, 0.25) is 0 Å². The van der Waals surface area contributed by atoms with Crippen LogP contribution in [0.4, 0.5) is 0 Å². The molecule has 1 aliphatic carbocycles. The second-order valence-electron chi connectivity index (χ2n) is 6.43. The lowest BCUT2D eigenvalue weighted by atomic mass is 9.76. The molecule has 1 aromatic rings. The molecule has 102 valence electrons. The lowest BCUT2D eigenvalue weighted by Crippen LogP contribution is -2.28. The van der Waals surface area contributed by atoms with Gasteiger partial charge in [-0.25, -0.2) is 9.97 Å². The number of nitrogens with zero attached hydrogens (tertiary/aromatic N) is 2. The van der Waals surface area contributed by atoms with Gasteiger partial charge in [0.15, 0.2) is 5.78 Å². The molecule has 0 N–H and O–H groups in total. The first-order chi connectivity index (χ1) is 9.03. The van der Waals surface area contributed by atoms with E-state index in [-0.39, 0.29) is 17.3 Å². The molecule has 2 heterocycles. The molecule has 1 atom stereocenters. The van der Waals surface area contributed by atoms with Gasteiger partial charge in [0, 0.05) is 25.6 Å². The molecule has 4 nitrogen and oxygen atoms in total. The molecule has 0 radical (unpaired) electrons. The van der Waals surface area contributed by atoms with E-state index in [4.69, 9.17) is 4.74 Å². The number of Topliss-reactive ketones (excluding diaryl/α,β-unsaturated/α-hetero) is 1.